The molecule has 0 rings (SSSR count). The molecule has 4 N–H and O–H groups in total. The number of carbonyl (C=O) groups is 2. The maximum absolute atomic E-state index is 13.6. The van der Waals surface area contributed by atoms with Crippen molar-refractivity contribution in [2.75, 3.05) is 27.7 Å². The fraction of sp³-hybridized carbons (Fsp3) is 0.955. The molecular formula is C44H89NO8P+. The van der Waals surface area contributed by atoms with Crippen molar-refractivity contribution in [3.05, 3.63) is 0 Å². The first-order valence-electron chi connectivity index (χ1n) is 22.7. The third-order valence-electron chi connectivity index (χ3n) is 10.9. The van der Waals surface area contributed by atoms with Crippen molar-refractivity contribution >= 4 is 19.4 Å². The number of likely N-dealkylation sites (N-methyl/N-ethyl adjacent to an activating group) is 1. The molecule has 10 heteroatoms. The second kappa shape index (κ2) is 33.3. The third kappa shape index (κ3) is 31.4. The summed E-state index contributed by atoms with van der Waals surface area (Å²) in [7, 11) is 0.179. The number of phosphoric acid groups is 1. The Hall–Kier alpha value is -0.670. The fourth-order valence-corrected chi connectivity index (χ4v) is 8.07. The highest BCUT2D eigenvalue weighted by atomic mass is 31.2. The summed E-state index contributed by atoms with van der Waals surface area (Å²) in [6.45, 7) is 4.41. The molecule has 0 aliphatic carbocycles. The number of hydrogen-bond donors (Lipinski definition) is 4. The molecular weight excluding hydrogens is 701 g/mol. The predicted octanol–water partition coefficient (Wildman–Crippen LogP) is 11.3. The Morgan fingerprint density at radius 3 is 1.15 bits per heavy atom. The van der Waals surface area contributed by atoms with Crippen LogP contribution in [0, 0.1) is 0 Å². The highest BCUT2D eigenvalue weighted by Gasteiger charge is 2.50. The molecule has 0 heterocycles. The SMILES string of the molecule is CCCCCCCCCCCCCCCCCC(=O)CC(O)(C(=O)CCCCCCCCCCCCCCCCC)C(O)C(C[N+](C)(C)C)OP(=O)(O)O. The zero-order valence-electron chi connectivity index (χ0n) is 36.0. The molecule has 0 radical (unpaired) electrons. The topological polar surface area (TPSA) is 141 Å². The zero-order valence-corrected chi connectivity index (χ0v) is 36.9. The molecule has 0 spiro atoms. The van der Waals surface area contributed by atoms with Gasteiger partial charge in [-0.1, -0.05) is 194 Å². The molecule has 3 atom stereocenters. The average Bonchev–Trinajstić information content (AvgIpc) is 3.09. The molecule has 3 unspecified atom stereocenters. The van der Waals surface area contributed by atoms with Gasteiger partial charge in [-0.15, -0.1) is 0 Å². The van der Waals surface area contributed by atoms with Gasteiger partial charge in [0, 0.05) is 19.3 Å². The Labute approximate surface area is 333 Å². The van der Waals surface area contributed by atoms with Gasteiger partial charge < -0.3 is 24.5 Å². The number of hydrogen-bond acceptors (Lipinski definition) is 6. The summed E-state index contributed by atoms with van der Waals surface area (Å²) in [5.74, 6) is -1.01. The number of Topliss-reactive ketones (excluding diaryl/α,β-unsaturated/α-hetero) is 2. The van der Waals surface area contributed by atoms with Gasteiger partial charge in [0.25, 0.3) is 0 Å². The average molecular weight is 791 g/mol. The van der Waals surface area contributed by atoms with Crippen LogP contribution in [0.4, 0.5) is 0 Å². The van der Waals surface area contributed by atoms with Gasteiger partial charge in [-0.25, -0.2) is 4.57 Å². The Bertz CT molecular complexity index is 951. The summed E-state index contributed by atoms with van der Waals surface area (Å²) in [6, 6.07) is 0. The minimum atomic E-state index is -5.07. The molecule has 0 aromatic heterocycles. The first-order chi connectivity index (χ1) is 25.7. The molecule has 0 aromatic rings. The molecule has 9 nitrogen and oxygen atoms in total. The van der Waals surface area contributed by atoms with E-state index in [0.29, 0.717) is 12.8 Å². The van der Waals surface area contributed by atoms with Gasteiger partial charge in [0.1, 0.15) is 24.5 Å². The molecule has 0 saturated carbocycles. The smallest absolute Gasteiger partial charge is 0.387 e. The Balaban J connectivity index is 4.80. The van der Waals surface area contributed by atoms with E-state index in [9.17, 15) is 34.2 Å². The van der Waals surface area contributed by atoms with E-state index in [1.54, 1.807) is 21.1 Å². The van der Waals surface area contributed by atoms with Crippen molar-refractivity contribution in [2.45, 2.75) is 244 Å². The van der Waals surface area contributed by atoms with Crippen molar-refractivity contribution in [1.29, 1.82) is 0 Å². The van der Waals surface area contributed by atoms with E-state index < -0.39 is 37.8 Å². The van der Waals surface area contributed by atoms with Crippen LogP contribution in [0.5, 0.6) is 0 Å². The number of aliphatic hydroxyl groups excluding tert-OH is 1. The molecule has 0 fully saturated rings. The fourth-order valence-electron chi connectivity index (χ4n) is 7.54. The first kappa shape index (κ1) is 53.3. The van der Waals surface area contributed by atoms with Crippen LogP contribution in [-0.4, -0.2) is 81.5 Å². The Kier molecular flexibility index (Phi) is 32.9. The van der Waals surface area contributed by atoms with Gasteiger partial charge in [-0.3, -0.25) is 14.1 Å². The van der Waals surface area contributed by atoms with E-state index in [1.807, 2.05) is 0 Å². The summed E-state index contributed by atoms with van der Waals surface area (Å²) in [5.41, 5.74) is -2.49. The molecule has 322 valence electrons. The molecule has 0 aliphatic rings. The lowest BCUT2D eigenvalue weighted by Crippen LogP contribution is -2.59. The Morgan fingerprint density at radius 1 is 0.556 bits per heavy atom. The van der Waals surface area contributed by atoms with E-state index in [4.69, 9.17) is 4.52 Å². The van der Waals surface area contributed by atoms with Crippen molar-refractivity contribution in [3.8, 4) is 0 Å². The molecule has 0 aromatic carbocycles. The van der Waals surface area contributed by atoms with Crippen molar-refractivity contribution < 1.29 is 43.2 Å². The van der Waals surface area contributed by atoms with Gasteiger partial charge in [0.2, 0.25) is 0 Å². The number of unbranched alkanes of at least 4 members (excludes halogenated alkanes) is 28. The van der Waals surface area contributed by atoms with Gasteiger partial charge in [0.15, 0.2) is 11.4 Å². The van der Waals surface area contributed by atoms with E-state index in [1.165, 1.54) is 135 Å². The lowest BCUT2D eigenvalue weighted by atomic mass is 9.81. The highest BCUT2D eigenvalue weighted by Crippen LogP contribution is 2.40. The van der Waals surface area contributed by atoms with Gasteiger partial charge in [-0.2, -0.15) is 0 Å². The van der Waals surface area contributed by atoms with Crippen LogP contribution in [0.2, 0.25) is 0 Å². The number of ketones is 2. The summed E-state index contributed by atoms with van der Waals surface area (Å²) < 4.78 is 17.0. The van der Waals surface area contributed by atoms with E-state index in [0.717, 1.165) is 44.9 Å². The molecule has 54 heavy (non-hydrogen) atoms. The van der Waals surface area contributed by atoms with E-state index >= 15 is 0 Å². The number of carbonyl (C=O) groups excluding carboxylic acids is 2. The van der Waals surface area contributed by atoms with Crippen LogP contribution in [0.15, 0.2) is 0 Å². The van der Waals surface area contributed by atoms with E-state index in [2.05, 4.69) is 13.8 Å². The summed E-state index contributed by atoms with van der Waals surface area (Å²) in [5, 5.41) is 23.2. The second-order valence-corrected chi connectivity index (χ2v) is 18.7. The standard InChI is InChI=1S/C44H88NO8P/c1-6-8-10-12-14-16-18-20-22-24-26-28-30-32-34-36-40(46)38-44(49,43(48)41(39-45(3,4)5)53-54(50,51)52)42(47)37-35-33-31-29-27-25-23-21-19-17-15-13-11-9-7-2/h41,43,48-49H,6-39H2,1-5H3,(H-,50,51,52)/p+1. The summed E-state index contributed by atoms with van der Waals surface area (Å²) in [6.07, 6.45) is 31.8. The van der Waals surface area contributed by atoms with Crippen LogP contribution >= 0.6 is 7.82 Å². The number of nitrogens with zero attached hydrogens (tertiary/aromatic N) is 1. The van der Waals surface area contributed by atoms with Crippen molar-refractivity contribution in [3.63, 3.8) is 0 Å². The van der Waals surface area contributed by atoms with Crippen LogP contribution in [-0.2, 0) is 18.7 Å². The second-order valence-electron chi connectivity index (χ2n) is 17.5. The van der Waals surface area contributed by atoms with Crippen LogP contribution < -0.4 is 0 Å². The minimum absolute atomic E-state index is 0.0228. The maximum atomic E-state index is 13.6. The predicted molar refractivity (Wildman–Crippen MR) is 224 cm³/mol. The Morgan fingerprint density at radius 2 is 0.852 bits per heavy atom. The third-order valence-corrected chi connectivity index (χ3v) is 11.4. The normalized spacial score (nSPS) is 14.6. The van der Waals surface area contributed by atoms with Crippen molar-refractivity contribution in [1.82, 2.24) is 0 Å². The number of aliphatic hydroxyl groups is 2. The van der Waals surface area contributed by atoms with Gasteiger partial charge in [-0.05, 0) is 12.8 Å². The molecule has 0 saturated heterocycles. The lowest BCUT2D eigenvalue weighted by molar-refractivity contribution is -0.873. The van der Waals surface area contributed by atoms with Crippen LogP contribution in [0.3, 0.4) is 0 Å². The number of quaternary nitrogens is 1. The lowest BCUT2D eigenvalue weighted by Gasteiger charge is -2.38. The maximum Gasteiger partial charge on any atom is 0.470 e. The quantitative estimate of drug-likeness (QED) is 0.0272. The zero-order chi connectivity index (χ0) is 40.6. The van der Waals surface area contributed by atoms with Crippen molar-refractivity contribution in [2.24, 2.45) is 0 Å². The summed E-state index contributed by atoms with van der Waals surface area (Å²) >= 11 is 0. The molecule has 0 bridgehead atoms. The van der Waals surface area contributed by atoms with Gasteiger partial charge >= 0.3 is 7.82 Å². The first-order valence-corrected chi connectivity index (χ1v) is 24.2. The minimum Gasteiger partial charge on any atom is -0.387 e. The highest BCUT2D eigenvalue weighted by molar-refractivity contribution is 7.46. The van der Waals surface area contributed by atoms with Gasteiger partial charge in [0.05, 0.1) is 21.1 Å². The molecule has 0 aliphatic heterocycles. The molecule has 0 amide bonds. The van der Waals surface area contributed by atoms with Crippen LogP contribution in [0.25, 0.3) is 0 Å². The van der Waals surface area contributed by atoms with E-state index in [-0.39, 0.29) is 29.7 Å². The largest absolute Gasteiger partial charge is 0.470 e. The summed E-state index contributed by atoms with van der Waals surface area (Å²) in [4.78, 5) is 46.0. The number of phosphoric ester groups is 1. The monoisotopic (exact) mass is 791 g/mol. The number of rotatable bonds is 41. The van der Waals surface area contributed by atoms with Crippen LogP contribution in [0.1, 0.15) is 226 Å².